The average Bonchev–Trinajstić information content (AvgIpc) is 2.71. The third-order valence-electron chi connectivity index (χ3n) is 4.80. The summed E-state index contributed by atoms with van der Waals surface area (Å²) in [6, 6.07) is 0. The van der Waals surface area contributed by atoms with Gasteiger partial charge in [0.1, 0.15) is 0 Å². The summed E-state index contributed by atoms with van der Waals surface area (Å²) in [5, 5.41) is 0. The molecule has 0 bridgehead atoms. The molecule has 170 valence electrons. The van der Waals surface area contributed by atoms with Gasteiger partial charge in [-0.05, 0) is 39.2 Å². The van der Waals surface area contributed by atoms with Gasteiger partial charge in [0, 0.05) is 27.4 Å². The van der Waals surface area contributed by atoms with Gasteiger partial charge >= 0.3 is 9.05 Å². The number of rotatable bonds is 22. The summed E-state index contributed by atoms with van der Waals surface area (Å²) in [4.78, 5) is 0. The Bertz CT molecular complexity index is 319. The molecular formula is C21H47NO5Si. The molecule has 0 saturated carbocycles. The van der Waals surface area contributed by atoms with Crippen LogP contribution in [-0.4, -0.2) is 49.3 Å². The van der Waals surface area contributed by atoms with Crippen molar-refractivity contribution in [3.8, 4) is 0 Å². The minimum absolute atomic E-state index is 0.347. The lowest BCUT2D eigenvalue weighted by molar-refractivity contribution is -0.144. The zero-order valence-corrected chi connectivity index (χ0v) is 20.0. The number of nitrogens with two attached hydrogens (primary N) is 1. The van der Waals surface area contributed by atoms with Crippen LogP contribution in [-0.2, 0) is 22.4 Å². The van der Waals surface area contributed by atoms with Crippen LogP contribution in [0.1, 0.15) is 97.3 Å². The average molecular weight is 422 g/mol. The fourth-order valence-corrected chi connectivity index (χ4v) is 4.66. The molecule has 2 N–H and O–H groups in total. The predicted molar refractivity (Wildman–Crippen MR) is 117 cm³/mol. The fraction of sp³-hybridized carbons (Fsp3) is 1.00. The molecule has 0 saturated heterocycles. The minimum Gasteiger partial charge on any atom is -0.355 e. The Kier molecular flexibility index (Phi) is 20.2. The fourth-order valence-electron chi connectivity index (χ4n) is 3.10. The maximum atomic E-state index is 6.06. The standard InChI is InChI=1S/C21H47NO5Si/c1-5-7-8-9-10-11-12-13-14-15-18-21(25-6-2)27-28(23-3,24-4)26-20-17-16-19-22/h21H,5-20,22H2,1-4H3. The number of hydrogen-bond acceptors (Lipinski definition) is 6. The highest BCUT2D eigenvalue weighted by Gasteiger charge is 2.46. The van der Waals surface area contributed by atoms with E-state index in [9.17, 15) is 0 Å². The Morgan fingerprint density at radius 3 is 1.82 bits per heavy atom. The van der Waals surface area contributed by atoms with E-state index >= 15 is 0 Å². The zero-order chi connectivity index (χ0) is 20.9. The van der Waals surface area contributed by atoms with E-state index in [2.05, 4.69) is 6.92 Å². The Hall–Kier alpha value is -0.0231. The van der Waals surface area contributed by atoms with Crippen LogP contribution in [0.15, 0.2) is 0 Å². The largest absolute Gasteiger partial charge is 0.681 e. The molecule has 0 aliphatic rings. The molecule has 28 heavy (non-hydrogen) atoms. The summed E-state index contributed by atoms with van der Waals surface area (Å²) in [6.45, 7) is 5.99. The summed E-state index contributed by atoms with van der Waals surface area (Å²) < 4.78 is 28.7. The molecule has 0 aromatic heterocycles. The van der Waals surface area contributed by atoms with Crippen molar-refractivity contribution >= 4 is 9.05 Å². The molecular weight excluding hydrogens is 374 g/mol. The van der Waals surface area contributed by atoms with Crippen LogP contribution in [0.2, 0.25) is 0 Å². The Balaban J connectivity index is 4.09. The van der Waals surface area contributed by atoms with E-state index in [0.29, 0.717) is 19.8 Å². The van der Waals surface area contributed by atoms with Crippen molar-refractivity contribution in [2.75, 3.05) is 34.0 Å². The van der Waals surface area contributed by atoms with E-state index in [1.54, 1.807) is 14.2 Å². The van der Waals surface area contributed by atoms with E-state index in [-0.39, 0.29) is 6.29 Å². The zero-order valence-electron chi connectivity index (χ0n) is 19.0. The quantitative estimate of drug-likeness (QED) is 0.148. The van der Waals surface area contributed by atoms with Gasteiger partial charge in [0.25, 0.3) is 0 Å². The second kappa shape index (κ2) is 20.3. The van der Waals surface area contributed by atoms with Gasteiger partial charge in [0.15, 0.2) is 6.29 Å². The van der Waals surface area contributed by atoms with Gasteiger partial charge in [-0.3, -0.25) is 0 Å². The number of hydrogen-bond donors (Lipinski definition) is 1. The van der Waals surface area contributed by atoms with Gasteiger partial charge in [0.2, 0.25) is 0 Å². The molecule has 0 aromatic rings. The highest BCUT2D eigenvalue weighted by atomic mass is 28.4. The van der Waals surface area contributed by atoms with Gasteiger partial charge in [-0.2, -0.15) is 0 Å². The van der Waals surface area contributed by atoms with Crippen LogP contribution < -0.4 is 5.73 Å². The van der Waals surface area contributed by atoms with Gasteiger partial charge in [-0.15, -0.1) is 0 Å². The van der Waals surface area contributed by atoms with Crippen molar-refractivity contribution in [1.82, 2.24) is 0 Å². The normalized spacial score (nSPS) is 13.2. The first-order chi connectivity index (χ1) is 13.7. The maximum Gasteiger partial charge on any atom is 0.681 e. The minimum atomic E-state index is -3.16. The van der Waals surface area contributed by atoms with Crippen molar-refractivity contribution in [3.63, 3.8) is 0 Å². The van der Waals surface area contributed by atoms with Crippen molar-refractivity contribution in [3.05, 3.63) is 0 Å². The van der Waals surface area contributed by atoms with E-state index in [0.717, 1.165) is 25.7 Å². The molecule has 0 aromatic carbocycles. The summed E-state index contributed by atoms with van der Waals surface area (Å²) in [5.74, 6) is 0. The van der Waals surface area contributed by atoms with Crippen molar-refractivity contribution in [2.45, 2.75) is 104 Å². The molecule has 0 heterocycles. The van der Waals surface area contributed by atoms with E-state index in [1.165, 1.54) is 57.8 Å². The highest BCUT2D eigenvalue weighted by molar-refractivity contribution is 6.53. The van der Waals surface area contributed by atoms with Crippen LogP contribution in [0.25, 0.3) is 0 Å². The third-order valence-corrected chi connectivity index (χ3v) is 6.91. The molecule has 6 nitrogen and oxygen atoms in total. The van der Waals surface area contributed by atoms with Crippen LogP contribution in [0.5, 0.6) is 0 Å². The number of unbranched alkanes of at least 4 members (excludes halogenated alkanes) is 10. The molecule has 1 atom stereocenters. The first kappa shape index (κ1) is 28.0. The van der Waals surface area contributed by atoms with Crippen molar-refractivity contribution in [1.29, 1.82) is 0 Å². The molecule has 0 aliphatic carbocycles. The number of ether oxygens (including phenoxy) is 1. The van der Waals surface area contributed by atoms with Crippen molar-refractivity contribution < 1.29 is 22.4 Å². The van der Waals surface area contributed by atoms with Gasteiger partial charge in [-0.25, -0.2) is 0 Å². The molecule has 0 aliphatic heterocycles. The monoisotopic (exact) mass is 421 g/mol. The molecule has 0 rings (SSSR count). The molecule has 0 spiro atoms. The third kappa shape index (κ3) is 14.9. The lowest BCUT2D eigenvalue weighted by Gasteiger charge is -2.29. The second-order valence-corrected chi connectivity index (χ2v) is 9.57. The molecule has 1 unspecified atom stereocenters. The summed E-state index contributed by atoms with van der Waals surface area (Å²) in [6.07, 6.45) is 15.3. The smallest absolute Gasteiger partial charge is 0.355 e. The molecule has 0 radical (unpaired) electrons. The first-order valence-corrected chi connectivity index (χ1v) is 13.0. The summed E-state index contributed by atoms with van der Waals surface area (Å²) in [5.41, 5.74) is 5.53. The SMILES string of the molecule is CCCCCCCCCCCCC(OCC)O[Si](OC)(OC)OCCCCN. The van der Waals surface area contributed by atoms with Crippen LogP contribution in [0.4, 0.5) is 0 Å². The highest BCUT2D eigenvalue weighted by Crippen LogP contribution is 2.19. The summed E-state index contributed by atoms with van der Waals surface area (Å²) in [7, 11) is -0.0137. The predicted octanol–water partition coefficient (Wildman–Crippen LogP) is 5.16. The van der Waals surface area contributed by atoms with Gasteiger partial charge < -0.3 is 28.2 Å². The molecule has 0 amide bonds. The van der Waals surface area contributed by atoms with Crippen LogP contribution in [0.3, 0.4) is 0 Å². The van der Waals surface area contributed by atoms with Gasteiger partial charge in [-0.1, -0.05) is 64.7 Å². The Labute approximate surface area is 175 Å². The van der Waals surface area contributed by atoms with Crippen LogP contribution in [0, 0.1) is 0 Å². The van der Waals surface area contributed by atoms with E-state index in [1.807, 2.05) is 6.92 Å². The van der Waals surface area contributed by atoms with Crippen LogP contribution >= 0.6 is 0 Å². The lowest BCUT2D eigenvalue weighted by atomic mass is 10.1. The van der Waals surface area contributed by atoms with E-state index in [4.69, 9.17) is 28.2 Å². The van der Waals surface area contributed by atoms with Gasteiger partial charge in [0.05, 0.1) is 0 Å². The molecule has 7 heteroatoms. The first-order valence-electron chi connectivity index (χ1n) is 11.4. The maximum absolute atomic E-state index is 6.06. The Morgan fingerprint density at radius 2 is 1.32 bits per heavy atom. The summed E-state index contributed by atoms with van der Waals surface area (Å²) >= 11 is 0. The van der Waals surface area contributed by atoms with E-state index < -0.39 is 9.05 Å². The molecule has 0 fully saturated rings. The van der Waals surface area contributed by atoms with Crippen molar-refractivity contribution in [2.24, 2.45) is 5.73 Å². The topological polar surface area (TPSA) is 72.2 Å². The lowest BCUT2D eigenvalue weighted by Crippen LogP contribution is -2.50. The Morgan fingerprint density at radius 1 is 0.750 bits per heavy atom. The second-order valence-electron chi connectivity index (χ2n) is 7.23.